The molecule has 110 valence electrons. The van der Waals surface area contributed by atoms with Crippen molar-refractivity contribution in [2.24, 2.45) is 5.92 Å². The highest BCUT2D eigenvalue weighted by molar-refractivity contribution is 5.95. The first-order valence-corrected chi connectivity index (χ1v) is 6.75. The van der Waals surface area contributed by atoms with Gasteiger partial charge in [0.25, 0.3) is 11.7 Å². The summed E-state index contributed by atoms with van der Waals surface area (Å²) >= 11 is 0. The Morgan fingerprint density at radius 3 is 2.95 bits per heavy atom. The first-order chi connectivity index (χ1) is 10.1. The van der Waals surface area contributed by atoms with Crippen molar-refractivity contribution in [3.63, 3.8) is 0 Å². The lowest BCUT2D eigenvalue weighted by molar-refractivity contribution is -0.143. The van der Waals surface area contributed by atoms with Gasteiger partial charge in [0.15, 0.2) is 0 Å². The summed E-state index contributed by atoms with van der Waals surface area (Å²) in [6.07, 6.45) is 4.16. The zero-order valence-electron chi connectivity index (χ0n) is 11.6. The van der Waals surface area contributed by atoms with E-state index in [2.05, 4.69) is 15.1 Å². The van der Waals surface area contributed by atoms with Crippen LogP contribution >= 0.6 is 0 Å². The lowest BCUT2D eigenvalue weighted by atomic mass is 9.97. The van der Waals surface area contributed by atoms with E-state index in [4.69, 9.17) is 5.11 Å². The molecule has 21 heavy (non-hydrogen) atoms. The van der Waals surface area contributed by atoms with Crippen LogP contribution in [0.15, 0.2) is 12.5 Å². The van der Waals surface area contributed by atoms with Gasteiger partial charge in [0.2, 0.25) is 0 Å². The molecule has 1 saturated heterocycles. The first kappa shape index (κ1) is 13.5. The number of aromatic nitrogens is 4. The third-order valence-corrected chi connectivity index (χ3v) is 3.83. The summed E-state index contributed by atoms with van der Waals surface area (Å²) in [5, 5.41) is 13.1. The fourth-order valence-electron chi connectivity index (χ4n) is 2.63. The second-order valence-corrected chi connectivity index (χ2v) is 5.16. The fourth-order valence-corrected chi connectivity index (χ4v) is 2.63. The van der Waals surface area contributed by atoms with Crippen LogP contribution in [0.5, 0.6) is 0 Å². The van der Waals surface area contributed by atoms with Crippen LogP contribution in [0, 0.1) is 12.8 Å². The quantitative estimate of drug-likeness (QED) is 0.857. The van der Waals surface area contributed by atoms with E-state index in [0.29, 0.717) is 36.4 Å². The van der Waals surface area contributed by atoms with Crippen molar-refractivity contribution in [2.75, 3.05) is 13.1 Å². The van der Waals surface area contributed by atoms with Crippen molar-refractivity contribution in [2.45, 2.75) is 19.8 Å². The highest BCUT2D eigenvalue weighted by Gasteiger charge is 2.29. The van der Waals surface area contributed by atoms with E-state index in [-0.39, 0.29) is 12.5 Å². The lowest BCUT2D eigenvalue weighted by Crippen LogP contribution is -2.42. The van der Waals surface area contributed by atoms with Gasteiger partial charge in [0.1, 0.15) is 6.33 Å². The van der Waals surface area contributed by atoms with Crippen molar-refractivity contribution >= 4 is 17.7 Å². The minimum atomic E-state index is -0.853. The van der Waals surface area contributed by atoms with Crippen LogP contribution in [-0.4, -0.2) is 54.6 Å². The van der Waals surface area contributed by atoms with Crippen LogP contribution in [0.25, 0.3) is 5.78 Å². The zero-order valence-corrected chi connectivity index (χ0v) is 11.6. The number of nitrogens with zero attached hydrogens (tertiary/aromatic N) is 5. The van der Waals surface area contributed by atoms with Crippen LogP contribution < -0.4 is 0 Å². The Bertz CT molecular complexity index is 711. The minimum Gasteiger partial charge on any atom is -0.481 e. The summed E-state index contributed by atoms with van der Waals surface area (Å²) < 4.78 is 1.51. The maximum atomic E-state index is 12.6. The van der Waals surface area contributed by atoms with E-state index in [9.17, 15) is 9.59 Å². The van der Waals surface area contributed by atoms with E-state index < -0.39 is 11.9 Å². The molecule has 2 aromatic heterocycles. The molecular weight excluding hydrogens is 274 g/mol. The van der Waals surface area contributed by atoms with Crippen molar-refractivity contribution < 1.29 is 14.7 Å². The zero-order chi connectivity index (χ0) is 15.0. The molecule has 1 amide bonds. The van der Waals surface area contributed by atoms with Gasteiger partial charge in [-0.05, 0) is 19.8 Å². The molecule has 8 nitrogen and oxygen atoms in total. The summed E-state index contributed by atoms with van der Waals surface area (Å²) in [6.45, 7) is 2.58. The van der Waals surface area contributed by atoms with Gasteiger partial charge in [0.05, 0.1) is 17.2 Å². The number of aryl methyl sites for hydroxylation is 1. The highest BCUT2D eigenvalue weighted by Crippen LogP contribution is 2.20. The Morgan fingerprint density at radius 2 is 2.19 bits per heavy atom. The van der Waals surface area contributed by atoms with Crippen LogP contribution in [0.1, 0.15) is 28.9 Å². The molecule has 3 heterocycles. The molecule has 8 heteroatoms. The Hall–Kier alpha value is -2.51. The van der Waals surface area contributed by atoms with Crippen LogP contribution in [-0.2, 0) is 4.79 Å². The molecule has 1 N–H and O–H groups in total. The van der Waals surface area contributed by atoms with Gasteiger partial charge in [0, 0.05) is 19.3 Å². The standard InChI is InChI=1S/C13H15N5O3/c1-8-10(5-14-13-15-7-16-18(8)13)11(19)17-4-2-3-9(6-17)12(20)21/h5,7,9H,2-4,6H2,1H3,(H,20,21)/t9-/m1/s1. The van der Waals surface area contributed by atoms with E-state index >= 15 is 0 Å². The molecule has 0 bridgehead atoms. The topological polar surface area (TPSA) is 101 Å². The van der Waals surface area contributed by atoms with E-state index in [0.717, 1.165) is 0 Å². The van der Waals surface area contributed by atoms with Gasteiger partial charge < -0.3 is 10.0 Å². The van der Waals surface area contributed by atoms with Gasteiger partial charge >= 0.3 is 5.97 Å². The molecule has 3 rings (SSSR count). The second kappa shape index (κ2) is 5.12. The third kappa shape index (κ3) is 2.32. The third-order valence-electron chi connectivity index (χ3n) is 3.83. The number of rotatable bonds is 2. The Morgan fingerprint density at radius 1 is 1.38 bits per heavy atom. The number of hydrogen-bond donors (Lipinski definition) is 1. The number of carboxylic acid groups (broad SMARTS) is 1. The normalized spacial score (nSPS) is 18.9. The number of hydrogen-bond acceptors (Lipinski definition) is 5. The lowest BCUT2D eigenvalue weighted by Gasteiger charge is -2.31. The molecule has 2 aromatic rings. The van der Waals surface area contributed by atoms with Crippen LogP contribution in [0.3, 0.4) is 0 Å². The Kier molecular flexibility index (Phi) is 3.28. The smallest absolute Gasteiger partial charge is 0.308 e. The van der Waals surface area contributed by atoms with Gasteiger partial charge in [-0.1, -0.05) is 0 Å². The van der Waals surface area contributed by atoms with Crippen molar-refractivity contribution in [1.82, 2.24) is 24.5 Å². The summed E-state index contributed by atoms with van der Waals surface area (Å²) in [5.41, 5.74) is 1.08. The van der Waals surface area contributed by atoms with Crippen molar-refractivity contribution in [3.8, 4) is 0 Å². The molecule has 0 saturated carbocycles. The summed E-state index contributed by atoms with van der Waals surface area (Å²) in [4.78, 5) is 33.3. The SMILES string of the molecule is Cc1c(C(=O)N2CCC[C@@H](C(=O)O)C2)cnc2ncnn12. The van der Waals surface area contributed by atoms with Crippen molar-refractivity contribution in [1.29, 1.82) is 0 Å². The molecule has 0 aliphatic carbocycles. The van der Waals surface area contributed by atoms with Gasteiger partial charge in [-0.2, -0.15) is 10.1 Å². The number of likely N-dealkylation sites (tertiary alicyclic amines) is 1. The Balaban J connectivity index is 1.89. The number of piperidine rings is 1. The van der Waals surface area contributed by atoms with Gasteiger partial charge in [-0.25, -0.2) is 9.50 Å². The van der Waals surface area contributed by atoms with Crippen molar-refractivity contribution in [3.05, 3.63) is 23.8 Å². The molecule has 0 spiro atoms. The number of aliphatic carboxylic acids is 1. The average Bonchev–Trinajstić information content (AvgIpc) is 2.96. The number of amides is 1. The first-order valence-electron chi connectivity index (χ1n) is 6.75. The molecular formula is C13H15N5O3. The van der Waals surface area contributed by atoms with Gasteiger partial charge in [-0.15, -0.1) is 0 Å². The van der Waals surface area contributed by atoms with E-state index in [1.54, 1.807) is 11.8 Å². The minimum absolute atomic E-state index is 0.205. The highest BCUT2D eigenvalue weighted by atomic mass is 16.4. The predicted octanol–water partition coefficient (Wildman–Crippen LogP) is 0.370. The predicted molar refractivity (Wildman–Crippen MR) is 71.8 cm³/mol. The number of carboxylic acids is 1. The Labute approximate surface area is 120 Å². The number of carbonyl (C=O) groups excluding carboxylic acids is 1. The summed E-state index contributed by atoms with van der Waals surface area (Å²) in [6, 6.07) is 0. The summed E-state index contributed by atoms with van der Waals surface area (Å²) in [5.74, 6) is -1.12. The van der Waals surface area contributed by atoms with Crippen LogP contribution in [0.4, 0.5) is 0 Å². The fraction of sp³-hybridized carbons (Fsp3) is 0.462. The molecule has 0 radical (unpaired) electrons. The molecule has 1 fully saturated rings. The maximum Gasteiger partial charge on any atom is 0.308 e. The number of fused-ring (bicyclic) bond motifs is 1. The van der Waals surface area contributed by atoms with E-state index in [1.165, 1.54) is 17.0 Å². The molecule has 1 aliphatic rings. The second-order valence-electron chi connectivity index (χ2n) is 5.16. The molecule has 0 unspecified atom stereocenters. The number of carbonyl (C=O) groups is 2. The average molecular weight is 289 g/mol. The molecule has 0 aromatic carbocycles. The molecule has 1 atom stereocenters. The monoisotopic (exact) mass is 289 g/mol. The molecule has 1 aliphatic heterocycles. The van der Waals surface area contributed by atoms with E-state index in [1.807, 2.05) is 0 Å². The largest absolute Gasteiger partial charge is 0.481 e. The maximum absolute atomic E-state index is 12.6. The van der Waals surface area contributed by atoms with Gasteiger partial charge in [-0.3, -0.25) is 9.59 Å². The van der Waals surface area contributed by atoms with Crippen LogP contribution in [0.2, 0.25) is 0 Å². The summed E-state index contributed by atoms with van der Waals surface area (Å²) in [7, 11) is 0.